The summed E-state index contributed by atoms with van der Waals surface area (Å²) >= 11 is 0. The van der Waals surface area contributed by atoms with Gasteiger partial charge in [0.25, 0.3) is 10.0 Å². The number of alkyl halides is 3. The lowest BCUT2D eigenvalue weighted by Crippen LogP contribution is -2.13. The lowest BCUT2D eigenvalue weighted by molar-refractivity contribution is -0.137. The molecule has 3 rings (SSSR count). The highest BCUT2D eigenvalue weighted by atomic mass is 32.2. The number of rotatable bonds is 4. The number of benzene rings is 2. The molecule has 130 valence electrons. The van der Waals surface area contributed by atoms with Crippen molar-refractivity contribution < 1.29 is 21.6 Å². The summed E-state index contributed by atoms with van der Waals surface area (Å²) in [6, 6.07) is 9.38. The SMILES string of the molecule is O=S(=O)(Nc1ccc(-n2cnnn2)cc1)c1ccc(C(F)(F)F)cc1. The number of hydrogen-bond donors (Lipinski definition) is 1. The number of nitrogens with one attached hydrogen (secondary N) is 1. The van der Waals surface area contributed by atoms with Crippen molar-refractivity contribution in [2.24, 2.45) is 0 Å². The number of hydrogen-bond acceptors (Lipinski definition) is 5. The molecule has 3 aromatic rings. The Morgan fingerprint density at radius 1 is 0.960 bits per heavy atom. The average molecular weight is 369 g/mol. The summed E-state index contributed by atoms with van der Waals surface area (Å²) in [6.07, 6.45) is -3.15. The van der Waals surface area contributed by atoms with E-state index in [4.69, 9.17) is 0 Å². The molecule has 0 radical (unpaired) electrons. The van der Waals surface area contributed by atoms with Gasteiger partial charge in [0.15, 0.2) is 0 Å². The van der Waals surface area contributed by atoms with E-state index in [2.05, 4.69) is 20.2 Å². The number of anilines is 1. The van der Waals surface area contributed by atoms with Gasteiger partial charge >= 0.3 is 6.18 Å². The topological polar surface area (TPSA) is 89.8 Å². The quantitative estimate of drug-likeness (QED) is 0.763. The van der Waals surface area contributed by atoms with Gasteiger partial charge in [0.2, 0.25) is 0 Å². The van der Waals surface area contributed by atoms with E-state index in [1.807, 2.05) is 0 Å². The molecule has 0 aliphatic heterocycles. The van der Waals surface area contributed by atoms with Gasteiger partial charge in [-0.15, -0.1) is 5.10 Å². The molecule has 0 unspecified atom stereocenters. The number of tetrazole rings is 1. The van der Waals surface area contributed by atoms with Crippen molar-refractivity contribution in [2.75, 3.05) is 4.72 Å². The highest BCUT2D eigenvalue weighted by molar-refractivity contribution is 7.92. The number of nitrogens with zero attached hydrogens (tertiary/aromatic N) is 4. The van der Waals surface area contributed by atoms with Gasteiger partial charge < -0.3 is 0 Å². The largest absolute Gasteiger partial charge is 0.416 e. The highest BCUT2D eigenvalue weighted by Gasteiger charge is 2.30. The van der Waals surface area contributed by atoms with Gasteiger partial charge in [-0.25, -0.2) is 13.1 Å². The monoisotopic (exact) mass is 369 g/mol. The third-order valence-corrected chi connectivity index (χ3v) is 4.62. The molecule has 0 saturated carbocycles. The zero-order valence-electron chi connectivity index (χ0n) is 12.3. The minimum atomic E-state index is -4.53. The van der Waals surface area contributed by atoms with Crippen LogP contribution in [0.2, 0.25) is 0 Å². The van der Waals surface area contributed by atoms with Gasteiger partial charge in [-0.2, -0.15) is 13.2 Å². The summed E-state index contributed by atoms with van der Waals surface area (Å²) in [4.78, 5) is -0.273. The summed E-state index contributed by atoms with van der Waals surface area (Å²) in [5.74, 6) is 0. The van der Waals surface area contributed by atoms with Crippen LogP contribution >= 0.6 is 0 Å². The van der Waals surface area contributed by atoms with Crippen LogP contribution in [0, 0.1) is 0 Å². The van der Waals surface area contributed by atoms with Crippen molar-refractivity contribution in [1.29, 1.82) is 0 Å². The second-order valence-electron chi connectivity index (χ2n) is 4.93. The van der Waals surface area contributed by atoms with Crippen LogP contribution in [0.1, 0.15) is 5.56 Å². The van der Waals surface area contributed by atoms with Crippen LogP contribution in [0.3, 0.4) is 0 Å². The van der Waals surface area contributed by atoms with E-state index in [0.29, 0.717) is 5.69 Å². The van der Waals surface area contributed by atoms with Gasteiger partial charge in [0, 0.05) is 5.69 Å². The van der Waals surface area contributed by atoms with E-state index >= 15 is 0 Å². The zero-order chi connectivity index (χ0) is 18.1. The first kappa shape index (κ1) is 16.9. The fourth-order valence-electron chi connectivity index (χ4n) is 2.00. The summed E-state index contributed by atoms with van der Waals surface area (Å²) in [5, 5.41) is 10.7. The van der Waals surface area contributed by atoms with E-state index in [9.17, 15) is 21.6 Å². The summed E-state index contributed by atoms with van der Waals surface area (Å²) < 4.78 is 65.8. The third kappa shape index (κ3) is 3.76. The van der Waals surface area contributed by atoms with Crippen molar-refractivity contribution in [2.45, 2.75) is 11.1 Å². The van der Waals surface area contributed by atoms with E-state index < -0.39 is 21.8 Å². The van der Waals surface area contributed by atoms with Gasteiger partial charge in [0.05, 0.1) is 16.1 Å². The van der Waals surface area contributed by atoms with E-state index in [0.717, 1.165) is 24.3 Å². The van der Waals surface area contributed by atoms with Crippen molar-refractivity contribution >= 4 is 15.7 Å². The molecule has 0 aliphatic carbocycles. The molecule has 0 fully saturated rings. The molecule has 0 bridgehead atoms. The summed E-state index contributed by atoms with van der Waals surface area (Å²) in [5.41, 5.74) is -0.0588. The Balaban J connectivity index is 1.79. The maximum absolute atomic E-state index is 12.5. The molecular weight excluding hydrogens is 359 g/mol. The van der Waals surface area contributed by atoms with Crippen LogP contribution in [0.25, 0.3) is 5.69 Å². The summed E-state index contributed by atoms with van der Waals surface area (Å²) in [7, 11) is -4.01. The molecule has 1 heterocycles. The van der Waals surface area contributed by atoms with Crippen LogP contribution in [0.15, 0.2) is 59.8 Å². The lowest BCUT2D eigenvalue weighted by atomic mass is 10.2. The molecule has 7 nitrogen and oxygen atoms in total. The van der Waals surface area contributed by atoms with Gasteiger partial charge in [-0.05, 0) is 59.0 Å². The Hall–Kier alpha value is -2.95. The standard InChI is InChI=1S/C14H10F3N5O2S/c15-14(16,17)10-1-7-13(8-2-10)25(23,24)19-11-3-5-12(6-4-11)22-9-18-20-21-22/h1-9,19H. The summed E-state index contributed by atoms with van der Waals surface area (Å²) in [6.45, 7) is 0. The minimum absolute atomic E-state index is 0.247. The Morgan fingerprint density at radius 2 is 1.60 bits per heavy atom. The van der Waals surface area contributed by atoms with Gasteiger partial charge in [-0.3, -0.25) is 4.72 Å². The van der Waals surface area contributed by atoms with E-state index in [1.54, 1.807) is 12.1 Å². The van der Waals surface area contributed by atoms with Crippen LogP contribution in [-0.2, 0) is 16.2 Å². The van der Waals surface area contributed by atoms with Gasteiger partial charge in [-0.1, -0.05) is 0 Å². The molecule has 0 spiro atoms. The maximum Gasteiger partial charge on any atom is 0.416 e. The normalized spacial score (nSPS) is 12.1. The molecule has 0 amide bonds. The maximum atomic E-state index is 12.5. The molecule has 0 aliphatic rings. The third-order valence-electron chi connectivity index (χ3n) is 3.23. The Morgan fingerprint density at radius 3 is 2.12 bits per heavy atom. The first-order valence-corrected chi connectivity index (χ1v) is 8.27. The van der Waals surface area contributed by atoms with Crippen molar-refractivity contribution in [3.8, 4) is 5.69 Å². The van der Waals surface area contributed by atoms with Crippen molar-refractivity contribution in [3.05, 3.63) is 60.4 Å². The first-order chi connectivity index (χ1) is 11.8. The molecule has 25 heavy (non-hydrogen) atoms. The Kier molecular flexibility index (Phi) is 4.17. The van der Waals surface area contributed by atoms with Crippen molar-refractivity contribution in [3.63, 3.8) is 0 Å². The minimum Gasteiger partial charge on any atom is -0.280 e. The molecule has 1 N–H and O–H groups in total. The van der Waals surface area contributed by atoms with Crippen LogP contribution < -0.4 is 4.72 Å². The molecule has 2 aromatic carbocycles. The Bertz CT molecular complexity index is 953. The number of aromatic nitrogens is 4. The predicted octanol–water partition coefficient (Wildman–Crippen LogP) is 2.48. The molecule has 0 atom stereocenters. The smallest absolute Gasteiger partial charge is 0.280 e. The fourth-order valence-corrected chi connectivity index (χ4v) is 3.06. The van der Waals surface area contributed by atoms with Crippen LogP contribution in [0.5, 0.6) is 0 Å². The molecule has 1 aromatic heterocycles. The number of sulfonamides is 1. The number of halogens is 3. The molecule has 11 heteroatoms. The zero-order valence-corrected chi connectivity index (χ0v) is 13.2. The van der Waals surface area contributed by atoms with Crippen LogP contribution in [0.4, 0.5) is 18.9 Å². The van der Waals surface area contributed by atoms with Crippen molar-refractivity contribution in [1.82, 2.24) is 20.2 Å². The molecular formula is C14H10F3N5O2S. The average Bonchev–Trinajstić information content (AvgIpc) is 3.09. The predicted molar refractivity (Wildman–Crippen MR) is 81.4 cm³/mol. The van der Waals surface area contributed by atoms with Crippen LogP contribution in [-0.4, -0.2) is 28.6 Å². The second kappa shape index (κ2) is 6.16. The van der Waals surface area contributed by atoms with E-state index in [-0.39, 0.29) is 10.6 Å². The van der Waals surface area contributed by atoms with E-state index in [1.165, 1.54) is 23.1 Å². The molecule has 0 saturated heterocycles. The van der Waals surface area contributed by atoms with Gasteiger partial charge in [0.1, 0.15) is 6.33 Å². The fraction of sp³-hybridized carbons (Fsp3) is 0.0714. The Labute approximate surface area is 140 Å². The highest BCUT2D eigenvalue weighted by Crippen LogP contribution is 2.30. The first-order valence-electron chi connectivity index (χ1n) is 6.79. The lowest BCUT2D eigenvalue weighted by Gasteiger charge is -2.10. The second-order valence-corrected chi connectivity index (χ2v) is 6.61.